The minimum atomic E-state index is -0.414. The van der Waals surface area contributed by atoms with E-state index >= 15 is 0 Å². The average Bonchev–Trinajstić information content (AvgIpc) is 3.35. The van der Waals surface area contributed by atoms with Gasteiger partial charge in [-0.15, -0.1) is 0 Å². The number of imidazole rings is 2. The summed E-state index contributed by atoms with van der Waals surface area (Å²) in [4.78, 5) is 31.2. The van der Waals surface area contributed by atoms with Crippen LogP contribution in [0.2, 0.25) is 0 Å². The lowest BCUT2D eigenvalue weighted by atomic mass is 10.2. The van der Waals surface area contributed by atoms with Crippen LogP contribution in [0.1, 0.15) is 11.3 Å². The molecular weight excluding hydrogens is 422 g/mol. The van der Waals surface area contributed by atoms with Crippen molar-refractivity contribution in [3.8, 4) is 17.2 Å². The molecule has 0 radical (unpaired) electrons. The summed E-state index contributed by atoms with van der Waals surface area (Å²) in [5.41, 5.74) is 2.34. The highest BCUT2D eigenvalue weighted by molar-refractivity contribution is 5.77. The third kappa shape index (κ3) is 3.12. The first kappa shape index (κ1) is 20.6. The van der Waals surface area contributed by atoms with E-state index in [1.807, 2.05) is 60.2 Å². The van der Waals surface area contributed by atoms with Gasteiger partial charge in [-0.25, -0.2) is 4.79 Å². The van der Waals surface area contributed by atoms with Crippen LogP contribution in [0.25, 0.3) is 22.6 Å². The topological polar surface area (TPSA) is 84.7 Å². The highest BCUT2D eigenvalue weighted by Gasteiger charge is 2.22. The van der Waals surface area contributed by atoms with E-state index in [1.165, 1.54) is 9.13 Å². The maximum absolute atomic E-state index is 13.5. The summed E-state index contributed by atoms with van der Waals surface area (Å²) in [6, 6.07) is 14.9. The zero-order valence-electron chi connectivity index (χ0n) is 18.8. The monoisotopic (exact) mass is 445 g/mol. The molecule has 0 atom stereocenters. The van der Waals surface area contributed by atoms with Gasteiger partial charge in [0, 0.05) is 25.0 Å². The average molecular weight is 445 g/mol. The highest BCUT2D eigenvalue weighted by atomic mass is 16.5. The summed E-state index contributed by atoms with van der Waals surface area (Å²) in [5.74, 6) is 1.77. The van der Waals surface area contributed by atoms with Crippen molar-refractivity contribution in [1.29, 1.82) is 0 Å². The maximum atomic E-state index is 13.5. The van der Waals surface area contributed by atoms with Gasteiger partial charge in [-0.2, -0.15) is 4.98 Å². The second kappa shape index (κ2) is 7.70. The summed E-state index contributed by atoms with van der Waals surface area (Å²) in [5, 5.41) is 0. The van der Waals surface area contributed by atoms with Crippen molar-refractivity contribution in [3.05, 3.63) is 86.8 Å². The molecule has 5 aromatic rings. The zero-order valence-corrected chi connectivity index (χ0v) is 18.8. The molecule has 5 rings (SSSR count). The smallest absolute Gasteiger partial charge is 0.332 e. The maximum Gasteiger partial charge on any atom is 0.332 e. The number of benzene rings is 2. The first-order valence-electron chi connectivity index (χ1n) is 10.4. The lowest BCUT2D eigenvalue weighted by Gasteiger charge is -2.12. The third-order valence-electron chi connectivity index (χ3n) is 5.84. The Hall–Kier alpha value is -4.27. The van der Waals surface area contributed by atoms with E-state index in [2.05, 4.69) is 4.98 Å². The Morgan fingerprint density at radius 2 is 1.76 bits per heavy atom. The predicted octanol–water partition coefficient (Wildman–Crippen LogP) is 2.51. The summed E-state index contributed by atoms with van der Waals surface area (Å²) in [7, 11) is 4.81. The van der Waals surface area contributed by atoms with Crippen molar-refractivity contribution in [2.75, 3.05) is 14.2 Å². The van der Waals surface area contributed by atoms with E-state index in [9.17, 15) is 9.59 Å². The van der Waals surface area contributed by atoms with Crippen LogP contribution in [0.4, 0.5) is 0 Å². The zero-order chi connectivity index (χ0) is 23.3. The highest BCUT2D eigenvalue weighted by Crippen LogP contribution is 2.31. The van der Waals surface area contributed by atoms with Gasteiger partial charge in [-0.1, -0.05) is 30.3 Å². The second-order valence-corrected chi connectivity index (χ2v) is 7.82. The Bertz CT molecular complexity index is 1620. The Morgan fingerprint density at radius 1 is 1.00 bits per heavy atom. The van der Waals surface area contributed by atoms with Gasteiger partial charge in [0.05, 0.1) is 26.5 Å². The largest absolute Gasteiger partial charge is 0.497 e. The Morgan fingerprint density at radius 3 is 2.45 bits per heavy atom. The number of fused-ring (bicyclic) bond motifs is 3. The van der Waals surface area contributed by atoms with Gasteiger partial charge in [-0.05, 0) is 24.6 Å². The van der Waals surface area contributed by atoms with Crippen molar-refractivity contribution in [1.82, 2.24) is 23.1 Å². The lowest BCUT2D eigenvalue weighted by molar-refractivity contribution is 0.393. The number of methoxy groups -OCH3 is 2. The second-order valence-electron chi connectivity index (χ2n) is 7.82. The van der Waals surface area contributed by atoms with Gasteiger partial charge in [0.2, 0.25) is 5.78 Å². The summed E-state index contributed by atoms with van der Waals surface area (Å²) >= 11 is 0. The minimum absolute atomic E-state index is 0.182. The van der Waals surface area contributed by atoms with E-state index in [0.29, 0.717) is 28.4 Å². The number of nitrogens with zero attached hydrogens (tertiary/aromatic N) is 5. The lowest BCUT2D eigenvalue weighted by Crippen LogP contribution is -2.39. The minimum Gasteiger partial charge on any atom is -0.497 e. The van der Waals surface area contributed by atoms with E-state index in [-0.39, 0.29) is 12.1 Å². The van der Waals surface area contributed by atoms with Crippen LogP contribution in [0, 0.1) is 6.92 Å². The molecule has 3 heterocycles. The van der Waals surface area contributed by atoms with Crippen LogP contribution in [-0.2, 0) is 13.6 Å². The summed E-state index contributed by atoms with van der Waals surface area (Å²) in [6.07, 6.45) is 1.84. The van der Waals surface area contributed by atoms with Gasteiger partial charge in [0.25, 0.3) is 5.56 Å². The molecule has 0 saturated carbocycles. The Kier molecular flexibility index (Phi) is 4.81. The van der Waals surface area contributed by atoms with Crippen molar-refractivity contribution >= 4 is 16.9 Å². The molecule has 2 aromatic carbocycles. The van der Waals surface area contributed by atoms with Gasteiger partial charge in [-0.3, -0.25) is 22.9 Å². The number of ether oxygens (including phenoxy) is 2. The van der Waals surface area contributed by atoms with Crippen LogP contribution in [0.5, 0.6) is 11.5 Å². The normalized spacial score (nSPS) is 11.4. The van der Waals surface area contributed by atoms with E-state index < -0.39 is 5.69 Å². The predicted molar refractivity (Wildman–Crippen MR) is 125 cm³/mol. The van der Waals surface area contributed by atoms with Crippen LogP contribution in [-0.4, -0.2) is 37.3 Å². The molecule has 0 unspecified atom stereocenters. The number of rotatable bonds is 5. The van der Waals surface area contributed by atoms with Crippen molar-refractivity contribution < 1.29 is 9.47 Å². The van der Waals surface area contributed by atoms with Crippen LogP contribution in [0.3, 0.4) is 0 Å². The molecule has 0 bridgehead atoms. The van der Waals surface area contributed by atoms with Crippen LogP contribution >= 0.6 is 0 Å². The van der Waals surface area contributed by atoms with Gasteiger partial charge in [0.1, 0.15) is 11.5 Å². The van der Waals surface area contributed by atoms with E-state index in [4.69, 9.17) is 9.47 Å². The molecule has 33 heavy (non-hydrogen) atoms. The first-order chi connectivity index (χ1) is 15.9. The molecular formula is C24H23N5O4. The fourth-order valence-corrected chi connectivity index (χ4v) is 4.18. The number of aromatic nitrogens is 5. The molecule has 9 nitrogen and oxygen atoms in total. The summed E-state index contributed by atoms with van der Waals surface area (Å²) < 4.78 is 17.2. The standard InChI is InChI=1S/C24H23N5O4/c1-15-13-27-20-21(25-23(27)29(15)18-11-10-17(32-3)12-19(18)33-4)26(2)24(31)28(22(20)30)14-16-8-6-5-7-9-16/h5-13H,14H2,1-4H3. The van der Waals surface area contributed by atoms with Gasteiger partial charge in [0.15, 0.2) is 11.2 Å². The third-order valence-corrected chi connectivity index (χ3v) is 5.84. The number of aryl methyl sites for hydroxylation is 2. The van der Waals surface area contributed by atoms with Crippen molar-refractivity contribution in [2.45, 2.75) is 13.5 Å². The fraction of sp³-hybridized carbons (Fsp3) is 0.208. The van der Waals surface area contributed by atoms with Crippen molar-refractivity contribution in [3.63, 3.8) is 0 Å². The SMILES string of the molecule is COc1ccc(-n2c(C)cn3c4c(=O)n(Cc5ccccc5)c(=O)n(C)c4nc23)c(OC)c1. The number of hydrogen-bond acceptors (Lipinski definition) is 5. The fourth-order valence-electron chi connectivity index (χ4n) is 4.18. The van der Waals surface area contributed by atoms with Crippen LogP contribution < -0.4 is 20.7 Å². The number of hydrogen-bond donors (Lipinski definition) is 0. The van der Waals surface area contributed by atoms with Gasteiger partial charge >= 0.3 is 5.69 Å². The van der Waals surface area contributed by atoms with E-state index in [1.54, 1.807) is 31.7 Å². The molecule has 168 valence electrons. The molecule has 0 aliphatic heterocycles. The molecule has 0 amide bonds. The van der Waals surface area contributed by atoms with Crippen LogP contribution in [0.15, 0.2) is 64.3 Å². The molecule has 9 heteroatoms. The molecule has 0 spiro atoms. The Labute approximate surface area is 188 Å². The van der Waals surface area contributed by atoms with Crippen molar-refractivity contribution in [2.24, 2.45) is 7.05 Å². The molecule has 0 aliphatic carbocycles. The molecule has 0 N–H and O–H groups in total. The Balaban J connectivity index is 1.79. The molecule has 0 fully saturated rings. The molecule has 0 aliphatic rings. The molecule has 3 aromatic heterocycles. The molecule has 0 saturated heterocycles. The van der Waals surface area contributed by atoms with Gasteiger partial charge < -0.3 is 9.47 Å². The summed E-state index contributed by atoms with van der Waals surface area (Å²) in [6.45, 7) is 2.11. The quantitative estimate of drug-likeness (QED) is 0.415. The van der Waals surface area contributed by atoms with E-state index in [0.717, 1.165) is 16.9 Å². The first-order valence-corrected chi connectivity index (χ1v) is 10.4.